The molecule has 3 rings (SSSR count). The van der Waals surface area contributed by atoms with E-state index in [9.17, 15) is 27.2 Å². The van der Waals surface area contributed by atoms with E-state index in [1.54, 1.807) is 0 Å². The van der Waals surface area contributed by atoms with E-state index < -0.39 is 41.7 Å². The first-order valence-corrected chi connectivity index (χ1v) is 9.35. The van der Waals surface area contributed by atoms with Gasteiger partial charge in [-0.05, 0) is 30.3 Å². The molecule has 3 aromatic rings. The molecule has 29 heavy (non-hydrogen) atoms. The van der Waals surface area contributed by atoms with Crippen molar-refractivity contribution in [1.82, 2.24) is 0 Å². The number of hydrogen-bond donors (Lipinski definition) is 1. The Bertz CT molecular complexity index is 1110. The number of ether oxygens (including phenoxy) is 1. The lowest BCUT2D eigenvalue weighted by atomic mass is 10.1. The molecule has 0 saturated heterocycles. The number of amides is 1. The van der Waals surface area contributed by atoms with Crippen LogP contribution in [0.3, 0.4) is 0 Å². The van der Waals surface area contributed by atoms with Crippen LogP contribution < -0.4 is 5.32 Å². The first-order chi connectivity index (χ1) is 13.6. The van der Waals surface area contributed by atoms with Gasteiger partial charge in [0.15, 0.2) is 6.61 Å². The molecule has 4 nitrogen and oxygen atoms in total. The van der Waals surface area contributed by atoms with E-state index in [1.807, 2.05) is 5.32 Å². The fraction of sp³-hybridized carbons (Fsp3) is 0.111. The average molecular weight is 466 g/mol. The Labute approximate surface area is 175 Å². The van der Waals surface area contributed by atoms with Crippen molar-refractivity contribution in [2.45, 2.75) is 6.18 Å². The summed E-state index contributed by atoms with van der Waals surface area (Å²) in [6, 6.07) is 6.77. The van der Waals surface area contributed by atoms with E-state index in [0.29, 0.717) is 10.1 Å². The quantitative estimate of drug-likeness (QED) is 0.370. The molecule has 0 bridgehead atoms. The van der Waals surface area contributed by atoms with E-state index in [1.165, 1.54) is 24.3 Å². The number of esters is 1. The number of thiophene rings is 1. The number of para-hydroxylation sites is 1. The molecule has 0 fully saturated rings. The minimum atomic E-state index is -4.75. The second kappa shape index (κ2) is 8.17. The summed E-state index contributed by atoms with van der Waals surface area (Å²) in [6.07, 6.45) is -4.75. The van der Waals surface area contributed by atoms with E-state index in [0.717, 1.165) is 23.5 Å². The van der Waals surface area contributed by atoms with Gasteiger partial charge in [0.2, 0.25) is 0 Å². The molecule has 1 amide bonds. The van der Waals surface area contributed by atoms with Gasteiger partial charge in [-0.3, -0.25) is 4.79 Å². The highest BCUT2D eigenvalue weighted by Gasteiger charge is 2.35. The second-order valence-corrected chi connectivity index (χ2v) is 7.51. The first kappa shape index (κ1) is 21.4. The lowest BCUT2D eigenvalue weighted by molar-refractivity contribution is -0.137. The summed E-state index contributed by atoms with van der Waals surface area (Å²) in [5.74, 6) is -2.52. The Morgan fingerprint density at radius 3 is 2.55 bits per heavy atom. The van der Waals surface area contributed by atoms with Crippen molar-refractivity contribution in [1.29, 1.82) is 0 Å². The monoisotopic (exact) mass is 465 g/mol. The molecule has 0 spiro atoms. The van der Waals surface area contributed by atoms with Crippen LogP contribution in [0.25, 0.3) is 10.1 Å². The fourth-order valence-electron chi connectivity index (χ4n) is 2.43. The van der Waals surface area contributed by atoms with Crippen LogP contribution in [-0.4, -0.2) is 18.5 Å². The Morgan fingerprint density at radius 2 is 1.86 bits per heavy atom. The van der Waals surface area contributed by atoms with Crippen molar-refractivity contribution in [2.24, 2.45) is 0 Å². The van der Waals surface area contributed by atoms with Crippen LogP contribution in [0.15, 0.2) is 36.4 Å². The van der Waals surface area contributed by atoms with Gasteiger partial charge in [0.1, 0.15) is 10.7 Å². The summed E-state index contributed by atoms with van der Waals surface area (Å²) in [4.78, 5) is 24.1. The van der Waals surface area contributed by atoms with Crippen molar-refractivity contribution >= 4 is 62.2 Å². The normalized spacial score (nSPS) is 11.5. The summed E-state index contributed by atoms with van der Waals surface area (Å²) >= 11 is 12.7. The van der Waals surface area contributed by atoms with Crippen molar-refractivity contribution in [3.8, 4) is 0 Å². The van der Waals surface area contributed by atoms with Crippen LogP contribution in [0.2, 0.25) is 10.0 Å². The minimum Gasteiger partial charge on any atom is -0.451 e. The van der Waals surface area contributed by atoms with Gasteiger partial charge in [0.25, 0.3) is 5.91 Å². The lowest BCUT2D eigenvalue weighted by Gasteiger charge is -2.15. The van der Waals surface area contributed by atoms with Crippen molar-refractivity contribution in [3.05, 3.63) is 62.7 Å². The lowest BCUT2D eigenvalue weighted by Crippen LogP contribution is -2.23. The predicted molar refractivity (Wildman–Crippen MR) is 102 cm³/mol. The number of nitrogens with one attached hydrogen (secondary N) is 1. The third-order valence-electron chi connectivity index (χ3n) is 3.69. The standard InChI is InChI=1S/C18H9Cl2F4NO3S/c19-11-3-1-2-10(18(22,23)24)15(11)25-13(26)7-28-17(27)16-14(20)9-5-4-8(21)6-12(9)29-16/h1-6H,7H2,(H,25,26). The average Bonchev–Trinajstić information content (AvgIpc) is 2.96. The number of carbonyl (C=O) groups is 2. The summed E-state index contributed by atoms with van der Waals surface area (Å²) in [7, 11) is 0. The maximum Gasteiger partial charge on any atom is 0.418 e. The molecule has 1 aromatic heterocycles. The van der Waals surface area contributed by atoms with Gasteiger partial charge < -0.3 is 10.1 Å². The molecule has 152 valence electrons. The number of carbonyl (C=O) groups excluding carboxylic acids is 2. The minimum absolute atomic E-state index is 0.0286. The molecule has 0 atom stereocenters. The zero-order chi connectivity index (χ0) is 21.3. The van der Waals surface area contributed by atoms with Gasteiger partial charge >= 0.3 is 12.1 Å². The van der Waals surface area contributed by atoms with Crippen LogP contribution in [-0.2, 0) is 15.7 Å². The molecule has 0 aliphatic heterocycles. The maximum absolute atomic E-state index is 13.3. The van der Waals surface area contributed by atoms with Crippen molar-refractivity contribution in [3.63, 3.8) is 0 Å². The van der Waals surface area contributed by atoms with Gasteiger partial charge in [-0.25, -0.2) is 9.18 Å². The molecule has 1 N–H and O–H groups in total. The topological polar surface area (TPSA) is 55.4 Å². The van der Waals surface area contributed by atoms with Gasteiger partial charge in [-0.2, -0.15) is 13.2 Å². The second-order valence-electron chi connectivity index (χ2n) is 5.67. The molecule has 1 heterocycles. The summed E-state index contributed by atoms with van der Waals surface area (Å²) < 4.78 is 57.7. The molecule has 0 unspecified atom stereocenters. The third kappa shape index (κ3) is 4.63. The number of benzene rings is 2. The van der Waals surface area contributed by atoms with E-state index in [2.05, 4.69) is 0 Å². The van der Waals surface area contributed by atoms with Gasteiger partial charge in [0, 0.05) is 10.1 Å². The largest absolute Gasteiger partial charge is 0.451 e. The summed E-state index contributed by atoms with van der Waals surface area (Å²) in [5.41, 5.74) is -1.78. The van der Waals surface area contributed by atoms with Crippen LogP contribution in [0.1, 0.15) is 15.2 Å². The predicted octanol–water partition coefficient (Wildman–Crippen LogP) is 6.16. The van der Waals surface area contributed by atoms with Crippen LogP contribution in [0.5, 0.6) is 0 Å². The number of fused-ring (bicyclic) bond motifs is 1. The van der Waals surface area contributed by atoms with Gasteiger partial charge in [-0.1, -0.05) is 29.3 Å². The maximum atomic E-state index is 13.3. The number of hydrogen-bond acceptors (Lipinski definition) is 4. The molecule has 0 radical (unpaired) electrons. The molecule has 0 aliphatic rings. The first-order valence-electron chi connectivity index (χ1n) is 7.78. The van der Waals surface area contributed by atoms with E-state index >= 15 is 0 Å². The van der Waals surface area contributed by atoms with Gasteiger partial charge in [0.05, 0.1) is 21.3 Å². The van der Waals surface area contributed by atoms with Gasteiger partial charge in [-0.15, -0.1) is 11.3 Å². The Kier molecular flexibility index (Phi) is 6.02. The van der Waals surface area contributed by atoms with Crippen molar-refractivity contribution in [2.75, 3.05) is 11.9 Å². The highest BCUT2D eigenvalue weighted by Crippen LogP contribution is 2.39. The molecular weight excluding hydrogens is 457 g/mol. The Balaban J connectivity index is 1.72. The zero-order valence-electron chi connectivity index (χ0n) is 14.1. The van der Waals surface area contributed by atoms with E-state index in [-0.39, 0.29) is 14.9 Å². The number of rotatable bonds is 4. The Morgan fingerprint density at radius 1 is 1.14 bits per heavy atom. The summed E-state index contributed by atoms with van der Waals surface area (Å²) in [6.45, 7) is -0.875. The fourth-order valence-corrected chi connectivity index (χ4v) is 4.08. The number of halogens is 6. The summed E-state index contributed by atoms with van der Waals surface area (Å²) in [5, 5.41) is 2.13. The third-order valence-corrected chi connectivity index (χ3v) is 5.65. The number of alkyl halides is 3. The molecule has 11 heteroatoms. The molecule has 0 aliphatic carbocycles. The highest BCUT2D eigenvalue weighted by atomic mass is 35.5. The van der Waals surface area contributed by atoms with E-state index in [4.69, 9.17) is 27.9 Å². The van der Waals surface area contributed by atoms with Crippen LogP contribution in [0, 0.1) is 5.82 Å². The van der Waals surface area contributed by atoms with Crippen LogP contribution >= 0.6 is 34.5 Å². The highest BCUT2D eigenvalue weighted by molar-refractivity contribution is 7.21. The van der Waals surface area contributed by atoms with Crippen LogP contribution in [0.4, 0.5) is 23.2 Å². The molecule has 0 saturated carbocycles. The smallest absolute Gasteiger partial charge is 0.418 e. The SMILES string of the molecule is O=C(COC(=O)c1sc2cc(F)ccc2c1Cl)Nc1c(Cl)cccc1C(F)(F)F. The molecular formula is C18H9Cl2F4NO3S. The number of anilines is 1. The Hall–Kier alpha value is -2.36. The zero-order valence-corrected chi connectivity index (χ0v) is 16.4. The molecule has 2 aromatic carbocycles. The van der Waals surface area contributed by atoms with Crippen molar-refractivity contribution < 1.29 is 31.9 Å².